The van der Waals surface area contributed by atoms with Gasteiger partial charge in [0.25, 0.3) is 0 Å². The molecule has 1 atom stereocenters. The second kappa shape index (κ2) is 7.55. The number of ether oxygens (including phenoxy) is 1. The van der Waals surface area contributed by atoms with Crippen molar-refractivity contribution in [2.75, 3.05) is 18.5 Å². The fourth-order valence-electron chi connectivity index (χ4n) is 2.62. The maximum Gasteiger partial charge on any atom is 0.250 e. The SMILES string of the molecule is CCc1ncsc1NC(=O)[C@H]1COCC(=O)N1Cc1ccccc1. The minimum absolute atomic E-state index is 0.0113. The molecule has 1 fully saturated rings. The van der Waals surface area contributed by atoms with E-state index in [1.54, 1.807) is 10.4 Å². The van der Waals surface area contributed by atoms with Crippen molar-refractivity contribution >= 4 is 28.2 Å². The van der Waals surface area contributed by atoms with Crippen LogP contribution in [0.15, 0.2) is 35.8 Å². The van der Waals surface area contributed by atoms with Crippen LogP contribution in [0.4, 0.5) is 5.00 Å². The predicted octanol–water partition coefficient (Wildman–Crippen LogP) is 2.07. The van der Waals surface area contributed by atoms with Crippen LogP contribution in [0.3, 0.4) is 0 Å². The number of hydrogen-bond acceptors (Lipinski definition) is 5. The Balaban J connectivity index is 1.75. The first kappa shape index (κ1) is 16.6. The van der Waals surface area contributed by atoms with Crippen LogP contribution in [0.1, 0.15) is 18.2 Å². The predicted molar refractivity (Wildman–Crippen MR) is 91.7 cm³/mol. The van der Waals surface area contributed by atoms with Crippen LogP contribution >= 0.6 is 11.3 Å². The molecular formula is C17H19N3O3S. The number of aryl methyl sites for hydroxylation is 1. The van der Waals surface area contributed by atoms with Gasteiger partial charge < -0.3 is 15.0 Å². The molecule has 2 heterocycles. The third-order valence-corrected chi connectivity index (χ3v) is 4.69. The highest BCUT2D eigenvalue weighted by Crippen LogP contribution is 2.22. The van der Waals surface area contributed by atoms with Gasteiger partial charge in [-0.25, -0.2) is 4.98 Å². The highest BCUT2D eigenvalue weighted by Gasteiger charge is 2.34. The Hall–Kier alpha value is -2.25. The lowest BCUT2D eigenvalue weighted by Gasteiger charge is -2.34. The maximum absolute atomic E-state index is 12.7. The van der Waals surface area contributed by atoms with E-state index in [1.165, 1.54) is 11.3 Å². The van der Waals surface area contributed by atoms with Crippen LogP contribution in [0.2, 0.25) is 0 Å². The number of rotatable bonds is 5. The van der Waals surface area contributed by atoms with Gasteiger partial charge in [0.2, 0.25) is 11.8 Å². The molecular weight excluding hydrogens is 326 g/mol. The second-order valence-corrected chi connectivity index (χ2v) is 6.36. The summed E-state index contributed by atoms with van der Waals surface area (Å²) >= 11 is 1.39. The molecule has 0 unspecified atom stereocenters. The van der Waals surface area contributed by atoms with Gasteiger partial charge in [0.15, 0.2) is 0 Å². The highest BCUT2D eigenvalue weighted by atomic mass is 32.1. The molecule has 7 heteroatoms. The molecule has 126 valence electrons. The topological polar surface area (TPSA) is 71.5 Å². The highest BCUT2D eigenvalue weighted by molar-refractivity contribution is 7.14. The van der Waals surface area contributed by atoms with E-state index in [0.29, 0.717) is 6.54 Å². The van der Waals surface area contributed by atoms with Gasteiger partial charge in [-0.1, -0.05) is 37.3 Å². The van der Waals surface area contributed by atoms with Crippen molar-refractivity contribution in [1.82, 2.24) is 9.88 Å². The Labute approximate surface area is 144 Å². The van der Waals surface area contributed by atoms with Gasteiger partial charge >= 0.3 is 0 Å². The summed E-state index contributed by atoms with van der Waals surface area (Å²) in [6.45, 7) is 2.59. The summed E-state index contributed by atoms with van der Waals surface area (Å²) in [6.07, 6.45) is 0.743. The molecule has 1 N–H and O–H groups in total. The van der Waals surface area contributed by atoms with Crippen LogP contribution in [0.25, 0.3) is 0 Å². The lowest BCUT2D eigenvalue weighted by molar-refractivity contribution is -0.154. The van der Waals surface area contributed by atoms with E-state index in [4.69, 9.17) is 4.74 Å². The summed E-state index contributed by atoms with van der Waals surface area (Å²) in [7, 11) is 0. The third-order valence-electron chi connectivity index (χ3n) is 3.91. The molecule has 1 aliphatic rings. The van der Waals surface area contributed by atoms with Gasteiger partial charge in [0.05, 0.1) is 17.8 Å². The van der Waals surface area contributed by atoms with Crippen molar-refractivity contribution in [3.63, 3.8) is 0 Å². The first-order valence-corrected chi connectivity index (χ1v) is 8.71. The molecule has 0 bridgehead atoms. The van der Waals surface area contributed by atoms with E-state index in [-0.39, 0.29) is 25.0 Å². The van der Waals surface area contributed by atoms with Gasteiger partial charge in [0.1, 0.15) is 17.6 Å². The van der Waals surface area contributed by atoms with E-state index in [1.807, 2.05) is 37.3 Å². The molecule has 1 aromatic carbocycles. The van der Waals surface area contributed by atoms with Gasteiger partial charge in [-0.3, -0.25) is 9.59 Å². The zero-order valence-electron chi connectivity index (χ0n) is 13.4. The van der Waals surface area contributed by atoms with E-state index in [9.17, 15) is 9.59 Å². The van der Waals surface area contributed by atoms with Crippen molar-refractivity contribution in [2.24, 2.45) is 0 Å². The molecule has 2 aromatic rings. The van der Waals surface area contributed by atoms with E-state index < -0.39 is 6.04 Å². The molecule has 24 heavy (non-hydrogen) atoms. The molecule has 1 aliphatic heterocycles. The van der Waals surface area contributed by atoms with Crippen LogP contribution in [-0.4, -0.2) is 41.0 Å². The normalized spacial score (nSPS) is 17.8. The van der Waals surface area contributed by atoms with Crippen LogP contribution in [-0.2, 0) is 27.3 Å². The van der Waals surface area contributed by atoms with Crippen molar-refractivity contribution in [3.05, 3.63) is 47.1 Å². The number of anilines is 1. The van der Waals surface area contributed by atoms with Crippen LogP contribution in [0.5, 0.6) is 0 Å². The Bertz CT molecular complexity index is 717. The molecule has 0 radical (unpaired) electrons. The number of nitrogens with zero attached hydrogens (tertiary/aromatic N) is 2. The van der Waals surface area contributed by atoms with Gasteiger partial charge in [-0.15, -0.1) is 11.3 Å². The average molecular weight is 345 g/mol. The smallest absolute Gasteiger partial charge is 0.250 e. The maximum atomic E-state index is 12.7. The molecule has 1 aromatic heterocycles. The number of morpholine rings is 1. The van der Waals surface area contributed by atoms with Gasteiger partial charge in [-0.2, -0.15) is 0 Å². The average Bonchev–Trinajstić information content (AvgIpc) is 3.04. The van der Waals surface area contributed by atoms with Crippen LogP contribution in [0, 0.1) is 0 Å². The molecule has 3 rings (SSSR count). The van der Waals surface area contributed by atoms with Crippen molar-refractivity contribution in [3.8, 4) is 0 Å². The van der Waals surface area contributed by atoms with E-state index >= 15 is 0 Å². The molecule has 0 saturated carbocycles. The Morgan fingerprint density at radius 1 is 1.42 bits per heavy atom. The fourth-order valence-corrected chi connectivity index (χ4v) is 3.40. The van der Waals surface area contributed by atoms with Crippen molar-refractivity contribution in [2.45, 2.75) is 25.9 Å². The van der Waals surface area contributed by atoms with Gasteiger partial charge in [0, 0.05) is 6.54 Å². The monoisotopic (exact) mass is 345 g/mol. The molecule has 6 nitrogen and oxygen atoms in total. The number of hydrogen-bond donors (Lipinski definition) is 1. The largest absolute Gasteiger partial charge is 0.369 e. The first-order chi connectivity index (χ1) is 11.7. The molecule has 1 saturated heterocycles. The van der Waals surface area contributed by atoms with Crippen molar-refractivity contribution in [1.29, 1.82) is 0 Å². The third kappa shape index (κ3) is 3.63. The number of nitrogens with one attached hydrogen (secondary N) is 1. The Morgan fingerprint density at radius 2 is 2.21 bits per heavy atom. The zero-order chi connectivity index (χ0) is 16.9. The fraction of sp³-hybridized carbons (Fsp3) is 0.353. The number of aromatic nitrogens is 1. The van der Waals surface area contributed by atoms with Crippen molar-refractivity contribution < 1.29 is 14.3 Å². The van der Waals surface area contributed by atoms with E-state index in [0.717, 1.165) is 22.7 Å². The number of thiazole rings is 1. The summed E-state index contributed by atoms with van der Waals surface area (Å²) in [5, 5.41) is 3.63. The van der Waals surface area contributed by atoms with E-state index in [2.05, 4.69) is 10.3 Å². The molecule has 0 spiro atoms. The Morgan fingerprint density at radius 3 is 2.96 bits per heavy atom. The summed E-state index contributed by atoms with van der Waals surface area (Å²) in [5.74, 6) is -0.414. The second-order valence-electron chi connectivity index (χ2n) is 5.51. The lowest BCUT2D eigenvalue weighted by atomic mass is 10.1. The Kier molecular flexibility index (Phi) is 5.22. The summed E-state index contributed by atoms with van der Waals surface area (Å²) in [5.41, 5.74) is 3.54. The molecule has 2 amide bonds. The lowest BCUT2D eigenvalue weighted by Crippen LogP contribution is -2.54. The number of carbonyl (C=O) groups excluding carboxylic acids is 2. The van der Waals surface area contributed by atoms with Crippen LogP contribution < -0.4 is 5.32 Å². The summed E-state index contributed by atoms with van der Waals surface area (Å²) < 4.78 is 5.29. The number of carbonyl (C=O) groups is 2. The molecule has 0 aliphatic carbocycles. The summed E-state index contributed by atoms with van der Waals surface area (Å²) in [4.78, 5) is 30.7. The minimum Gasteiger partial charge on any atom is -0.369 e. The number of amides is 2. The quantitative estimate of drug-likeness (QED) is 0.900. The minimum atomic E-state index is -0.640. The number of benzene rings is 1. The first-order valence-electron chi connectivity index (χ1n) is 7.83. The summed E-state index contributed by atoms with van der Waals surface area (Å²) in [6, 6.07) is 9.00. The van der Waals surface area contributed by atoms with Gasteiger partial charge in [-0.05, 0) is 12.0 Å². The zero-order valence-corrected chi connectivity index (χ0v) is 14.2. The standard InChI is InChI=1S/C17H19N3O3S/c1-2-13-17(24-11-18-13)19-16(22)14-9-23-10-15(21)20(14)8-12-6-4-3-5-7-12/h3-7,11,14H,2,8-10H2,1H3,(H,19,22)/t14-/m1/s1.